The SMILES string of the molecule is CC1CCC(C(Cl)c2cc(F)ccc2F)O1. The van der Waals surface area contributed by atoms with Crippen molar-refractivity contribution in [3.05, 3.63) is 35.4 Å². The molecule has 2 rings (SSSR count). The topological polar surface area (TPSA) is 9.23 Å². The lowest BCUT2D eigenvalue weighted by Crippen LogP contribution is -2.16. The summed E-state index contributed by atoms with van der Waals surface area (Å²) in [6.45, 7) is 1.95. The molecule has 0 amide bonds. The second kappa shape index (κ2) is 4.68. The summed E-state index contributed by atoms with van der Waals surface area (Å²) < 4.78 is 32.0. The second-order valence-corrected chi connectivity index (χ2v) is 4.60. The van der Waals surface area contributed by atoms with Gasteiger partial charge in [0, 0.05) is 5.56 Å². The third-order valence-corrected chi connectivity index (χ3v) is 3.36. The smallest absolute Gasteiger partial charge is 0.128 e. The lowest BCUT2D eigenvalue weighted by Gasteiger charge is -2.18. The molecule has 0 aliphatic carbocycles. The first-order valence-corrected chi connectivity index (χ1v) is 5.76. The zero-order valence-corrected chi connectivity index (χ0v) is 9.68. The summed E-state index contributed by atoms with van der Waals surface area (Å²) in [5.74, 6) is -0.961. The molecule has 1 nitrogen and oxygen atoms in total. The van der Waals surface area contributed by atoms with Crippen LogP contribution < -0.4 is 0 Å². The van der Waals surface area contributed by atoms with Gasteiger partial charge in [0.1, 0.15) is 11.6 Å². The molecule has 1 aliphatic rings. The molecule has 0 saturated carbocycles. The number of hydrogen-bond acceptors (Lipinski definition) is 1. The van der Waals surface area contributed by atoms with Crippen molar-refractivity contribution in [1.29, 1.82) is 0 Å². The highest BCUT2D eigenvalue weighted by atomic mass is 35.5. The zero-order chi connectivity index (χ0) is 11.7. The third kappa shape index (κ3) is 2.36. The van der Waals surface area contributed by atoms with E-state index in [1.54, 1.807) is 0 Å². The average Bonchev–Trinajstić information content (AvgIpc) is 2.67. The maximum atomic E-state index is 13.5. The molecular formula is C12H13ClF2O. The van der Waals surface area contributed by atoms with E-state index in [9.17, 15) is 8.78 Å². The summed E-state index contributed by atoms with van der Waals surface area (Å²) in [6, 6.07) is 3.32. The predicted molar refractivity (Wildman–Crippen MR) is 58.5 cm³/mol. The van der Waals surface area contributed by atoms with Gasteiger partial charge in [-0.25, -0.2) is 8.78 Å². The van der Waals surface area contributed by atoms with Crippen LogP contribution in [0.4, 0.5) is 8.78 Å². The minimum Gasteiger partial charge on any atom is -0.373 e. The molecular weight excluding hydrogens is 234 g/mol. The highest BCUT2D eigenvalue weighted by Gasteiger charge is 2.30. The van der Waals surface area contributed by atoms with Crippen LogP contribution in [0.15, 0.2) is 18.2 Å². The van der Waals surface area contributed by atoms with Crippen LogP contribution in [-0.4, -0.2) is 12.2 Å². The van der Waals surface area contributed by atoms with Crippen molar-refractivity contribution >= 4 is 11.6 Å². The van der Waals surface area contributed by atoms with Crippen LogP contribution in [0.1, 0.15) is 30.7 Å². The molecule has 1 aromatic rings. The van der Waals surface area contributed by atoms with Gasteiger partial charge in [0.15, 0.2) is 0 Å². The summed E-state index contributed by atoms with van der Waals surface area (Å²) in [5.41, 5.74) is 0.181. The van der Waals surface area contributed by atoms with E-state index in [2.05, 4.69) is 0 Å². The molecule has 0 radical (unpaired) electrons. The summed E-state index contributed by atoms with van der Waals surface area (Å²) in [4.78, 5) is 0. The van der Waals surface area contributed by atoms with Crippen molar-refractivity contribution < 1.29 is 13.5 Å². The molecule has 1 fully saturated rings. The number of benzene rings is 1. The van der Waals surface area contributed by atoms with Crippen molar-refractivity contribution in [2.75, 3.05) is 0 Å². The van der Waals surface area contributed by atoms with Crippen molar-refractivity contribution in [3.8, 4) is 0 Å². The van der Waals surface area contributed by atoms with Gasteiger partial charge < -0.3 is 4.74 Å². The highest BCUT2D eigenvalue weighted by molar-refractivity contribution is 6.21. The standard InChI is InChI=1S/C12H13ClF2O/c1-7-2-5-11(16-7)12(13)9-6-8(14)3-4-10(9)15/h3-4,6-7,11-12H,2,5H2,1H3. The Balaban J connectivity index is 2.20. The molecule has 3 unspecified atom stereocenters. The summed E-state index contributed by atoms with van der Waals surface area (Å²) in [6.07, 6.45) is 1.60. The fraction of sp³-hybridized carbons (Fsp3) is 0.500. The first kappa shape index (κ1) is 11.8. The molecule has 1 aliphatic heterocycles. The van der Waals surface area contributed by atoms with E-state index in [0.717, 1.165) is 31.0 Å². The van der Waals surface area contributed by atoms with Crippen LogP contribution in [0, 0.1) is 11.6 Å². The van der Waals surface area contributed by atoms with Crippen LogP contribution in [0.3, 0.4) is 0 Å². The lowest BCUT2D eigenvalue weighted by molar-refractivity contribution is 0.0528. The van der Waals surface area contributed by atoms with Gasteiger partial charge >= 0.3 is 0 Å². The van der Waals surface area contributed by atoms with Crippen LogP contribution in [-0.2, 0) is 4.74 Å². The molecule has 1 heterocycles. The van der Waals surface area contributed by atoms with Gasteiger partial charge in [-0.2, -0.15) is 0 Å². The molecule has 4 heteroatoms. The second-order valence-electron chi connectivity index (χ2n) is 4.13. The van der Waals surface area contributed by atoms with Crippen LogP contribution in [0.2, 0.25) is 0 Å². The van der Waals surface area contributed by atoms with Gasteiger partial charge in [-0.1, -0.05) is 0 Å². The van der Waals surface area contributed by atoms with Crippen LogP contribution in [0.25, 0.3) is 0 Å². The molecule has 1 saturated heterocycles. The van der Waals surface area contributed by atoms with E-state index in [0.29, 0.717) is 0 Å². The van der Waals surface area contributed by atoms with Crippen molar-refractivity contribution in [2.45, 2.75) is 37.4 Å². The minimum atomic E-state index is -0.624. The Morgan fingerprint density at radius 1 is 1.38 bits per heavy atom. The Hall–Kier alpha value is -0.670. The largest absolute Gasteiger partial charge is 0.373 e. The molecule has 88 valence electrons. The highest BCUT2D eigenvalue weighted by Crippen LogP contribution is 2.35. The summed E-state index contributed by atoms with van der Waals surface area (Å²) in [5, 5.41) is -0.624. The third-order valence-electron chi connectivity index (χ3n) is 2.85. The first-order chi connectivity index (χ1) is 7.58. The minimum absolute atomic E-state index is 0.142. The number of alkyl halides is 1. The van der Waals surface area contributed by atoms with E-state index in [4.69, 9.17) is 16.3 Å². The van der Waals surface area contributed by atoms with E-state index >= 15 is 0 Å². The number of hydrogen-bond donors (Lipinski definition) is 0. The van der Waals surface area contributed by atoms with Crippen molar-refractivity contribution in [2.24, 2.45) is 0 Å². The number of rotatable bonds is 2. The van der Waals surface area contributed by atoms with Crippen molar-refractivity contribution in [3.63, 3.8) is 0 Å². The molecule has 1 aromatic carbocycles. The lowest BCUT2D eigenvalue weighted by atomic mass is 10.0. The molecule has 0 aromatic heterocycles. The summed E-state index contributed by atoms with van der Waals surface area (Å²) in [7, 11) is 0. The predicted octanol–water partition coefficient (Wildman–Crippen LogP) is 3.81. The molecule has 3 atom stereocenters. The molecule has 0 bridgehead atoms. The Morgan fingerprint density at radius 3 is 2.75 bits per heavy atom. The van der Waals surface area contributed by atoms with E-state index in [1.165, 1.54) is 0 Å². The van der Waals surface area contributed by atoms with Gasteiger partial charge in [-0.15, -0.1) is 11.6 Å². The number of ether oxygens (including phenoxy) is 1. The Labute approximate surface area is 98.4 Å². The van der Waals surface area contributed by atoms with Crippen LogP contribution in [0.5, 0.6) is 0 Å². The first-order valence-electron chi connectivity index (χ1n) is 5.32. The average molecular weight is 247 g/mol. The molecule has 16 heavy (non-hydrogen) atoms. The maximum Gasteiger partial charge on any atom is 0.128 e. The van der Waals surface area contributed by atoms with Gasteiger partial charge in [-0.3, -0.25) is 0 Å². The maximum absolute atomic E-state index is 13.5. The van der Waals surface area contributed by atoms with E-state index < -0.39 is 17.0 Å². The number of halogens is 3. The van der Waals surface area contributed by atoms with Gasteiger partial charge in [0.2, 0.25) is 0 Å². The van der Waals surface area contributed by atoms with E-state index in [-0.39, 0.29) is 17.8 Å². The van der Waals surface area contributed by atoms with E-state index in [1.807, 2.05) is 6.92 Å². The van der Waals surface area contributed by atoms with Crippen LogP contribution >= 0.6 is 11.6 Å². The zero-order valence-electron chi connectivity index (χ0n) is 8.92. The monoisotopic (exact) mass is 246 g/mol. The quantitative estimate of drug-likeness (QED) is 0.721. The summed E-state index contributed by atoms with van der Waals surface area (Å²) >= 11 is 6.12. The molecule has 0 spiro atoms. The van der Waals surface area contributed by atoms with Crippen molar-refractivity contribution in [1.82, 2.24) is 0 Å². The molecule has 0 N–H and O–H groups in total. The van der Waals surface area contributed by atoms with Gasteiger partial charge in [0.25, 0.3) is 0 Å². The normalized spacial score (nSPS) is 27.0. The van der Waals surface area contributed by atoms with Gasteiger partial charge in [-0.05, 0) is 38.0 Å². The van der Waals surface area contributed by atoms with Gasteiger partial charge in [0.05, 0.1) is 17.6 Å². The fourth-order valence-electron chi connectivity index (χ4n) is 1.97. The Bertz CT molecular complexity index is 383. The fourth-order valence-corrected chi connectivity index (χ4v) is 2.33. The Kier molecular flexibility index (Phi) is 3.45. The Morgan fingerprint density at radius 2 is 2.12 bits per heavy atom.